The van der Waals surface area contributed by atoms with E-state index < -0.39 is 0 Å². The normalized spacial score (nSPS) is 15.2. The number of ether oxygens (including phenoxy) is 1. The van der Waals surface area contributed by atoms with Gasteiger partial charge in [0, 0.05) is 9.75 Å². The molecule has 0 radical (unpaired) electrons. The lowest BCUT2D eigenvalue weighted by Gasteiger charge is -2.19. The first kappa shape index (κ1) is 13.6. The zero-order valence-electron chi connectivity index (χ0n) is 11.2. The molecule has 0 aliphatic carbocycles. The van der Waals surface area contributed by atoms with Gasteiger partial charge in [-0.25, -0.2) is 0 Å². The maximum atomic E-state index is 11.4. The van der Waals surface area contributed by atoms with Crippen LogP contribution >= 0.6 is 27.3 Å². The molecule has 20 heavy (non-hydrogen) atoms. The quantitative estimate of drug-likeness (QED) is 0.824. The van der Waals surface area contributed by atoms with Crippen molar-refractivity contribution in [3.8, 4) is 5.75 Å². The number of alkyl halides is 1. The number of thiophene rings is 1. The van der Waals surface area contributed by atoms with E-state index in [1.165, 1.54) is 15.3 Å². The van der Waals surface area contributed by atoms with Gasteiger partial charge in [0.05, 0.1) is 10.5 Å². The van der Waals surface area contributed by atoms with E-state index in [2.05, 4.69) is 41.2 Å². The molecule has 2 heterocycles. The molecule has 5 heteroatoms. The first-order valence-corrected chi connectivity index (χ1v) is 8.05. The summed E-state index contributed by atoms with van der Waals surface area (Å²) in [4.78, 5) is 14.1. The van der Waals surface area contributed by atoms with Crippen LogP contribution in [-0.2, 0) is 4.79 Å². The Morgan fingerprint density at radius 1 is 1.35 bits per heavy atom. The van der Waals surface area contributed by atoms with Gasteiger partial charge in [-0.1, -0.05) is 22.0 Å². The largest absolute Gasteiger partial charge is 0.482 e. The number of anilines is 1. The van der Waals surface area contributed by atoms with Crippen molar-refractivity contribution in [3.63, 3.8) is 0 Å². The number of carbonyl (C=O) groups excluding carboxylic acids is 1. The Kier molecular flexibility index (Phi) is 3.56. The summed E-state index contributed by atoms with van der Waals surface area (Å²) in [7, 11) is 0. The van der Waals surface area contributed by atoms with Gasteiger partial charge in [-0.2, -0.15) is 0 Å². The minimum absolute atomic E-state index is 0.0907. The van der Waals surface area contributed by atoms with Crippen molar-refractivity contribution >= 4 is 38.9 Å². The van der Waals surface area contributed by atoms with Crippen LogP contribution in [0.4, 0.5) is 5.69 Å². The van der Waals surface area contributed by atoms with Gasteiger partial charge in [0.25, 0.3) is 5.91 Å². The van der Waals surface area contributed by atoms with E-state index in [1.807, 2.05) is 18.2 Å². The van der Waals surface area contributed by atoms with Crippen LogP contribution in [0.3, 0.4) is 0 Å². The number of aryl methyl sites for hydroxylation is 2. The molecule has 1 aromatic carbocycles. The molecule has 0 saturated heterocycles. The van der Waals surface area contributed by atoms with Gasteiger partial charge in [0.15, 0.2) is 6.61 Å². The van der Waals surface area contributed by atoms with Crippen LogP contribution in [-0.4, -0.2) is 12.5 Å². The molecule has 3 rings (SSSR count). The Bertz CT molecular complexity index is 661. The number of fused-ring (bicyclic) bond motifs is 1. The van der Waals surface area contributed by atoms with Crippen molar-refractivity contribution in [2.45, 2.75) is 18.7 Å². The molecule has 0 fully saturated rings. The standard InChI is InChI=1S/C15H14BrNO2S/c1-8-5-13(20-9(8)2)15(16)10-3-4-12-11(6-10)17-14(18)7-19-12/h3-6,15H,7H2,1-2H3,(H,17,18). The van der Waals surface area contributed by atoms with E-state index in [1.54, 1.807) is 11.3 Å². The van der Waals surface area contributed by atoms with Gasteiger partial charge in [-0.15, -0.1) is 11.3 Å². The molecule has 1 atom stereocenters. The lowest BCUT2D eigenvalue weighted by molar-refractivity contribution is -0.118. The van der Waals surface area contributed by atoms with Crippen LogP contribution in [0.15, 0.2) is 24.3 Å². The van der Waals surface area contributed by atoms with Gasteiger partial charge in [-0.3, -0.25) is 4.79 Å². The molecular weight excluding hydrogens is 338 g/mol. The lowest BCUT2D eigenvalue weighted by Crippen LogP contribution is -2.25. The van der Waals surface area contributed by atoms with Gasteiger partial charge in [-0.05, 0) is 43.2 Å². The number of rotatable bonds is 2. The fourth-order valence-electron chi connectivity index (χ4n) is 2.15. The predicted molar refractivity (Wildman–Crippen MR) is 85.1 cm³/mol. The molecule has 0 spiro atoms. The zero-order chi connectivity index (χ0) is 14.3. The van der Waals surface area contributed by atoms with Crippen molar-refractivity contribution in [2.24, 2.45) is 0 Å². The maximum absolute atomic E-state index is 11.4. The van der Waals surface area contributed by atoms with Gasteiger partial charge in [0.1, 0.15) is 5.75 Å². The molecule has 3 nitrogen and oxygen atoms in total. The summed E-state index contributed by atoms with van der Waals surface area (Å²) in [6, 6.07) is 8.11. The molecule has 1 aliphatic rings. The topological polar surface area (TPSA) is 38.3 Å². The monoisotopic (exact) mass is 351 g/mol. The van der Waals surface area contributed by atoms with Crippen molar-refractivity contribution in [2.75, 3.05) is 11.9 Å². The summed E-state index contributed by atoms with van der Waals surface area (Å²) in [5.41, 5.74) is 3.16. The summed E-state index contributed by atoms with van der Waals surface area (Å²) < 4.78 is 5.37. The highest BCUT2D eigenvalue weighted by Gasteiger charge is 2.19. The molecule has 0 bridgehead atoms. The number of carbonyl (C=O) groups is 1. The maximum Gasteiger partial charge on any atom is 0.262 e. The smallest absolute Gasteiger partial charge is 0.262 e. The van der Waals surface area contributed by atoms with Crippen LogP contribution in [0.25, 0.3) is 0 Å². The third kappa shape index (κ3) is 2.47. The Balaban J connectivity index is 1.94. The van der Waals surface area contributed by atoms with Gasteiger partial charge in [0.2, 0.25) is 0 Å². The second kappa shape index (κ2) is 5.22. The van der Waals surface area contributed by atoms with Crippen LogP contribution in [0.1, 0.15) is 25.7 Å². The minimum atomic E-state index is -0.108. The molecule has 0 saturated carbocycles. The summed E-state index contributed by atoms with van der Waals surface area (Å²) in [5, 5.41) is 2.84. The van der Waals surface area contributed by atoms with Gasteiger partial charge < -0.3 is 10.1 Å². The molecule has 2 aromatic rings. The number of nitrogens with one attached hydrogen (secondary N) is 1. The summed E-state index contributed by atoms with van der Waals surface area (Å²) >= 11 is 5.53. The van der Waals surface area contributed by atoms with E-state index in [4.69, 9.17) is 4.74 Å². The SMILES string of the molecule is Cc1cc(C(Br)c2ccc3c(c2)NC(=O)CO3)sc1C. The first-order valence-electron chi connectivity index (χ1n) is 6.32. The van der Waals surface area contributed by atoms with Crippen LogP contribution < -0.4 is 10.1 Å². The van der Waals surface area contributed by atoms with Gasteiger partial charge >= 0.3 is 0 Å². The van der Waals surface area contributed by atoms with Crippen molar-refractivity contribution < 1.29 is 9.53 Å². The number of hydrogen-bond donors (Lipinski definition) is 1. The molecule has 1 aliphatic heterocycles. The average molecular weight is 352 g/mol. The van der Waals surface area contributed by atoms with Crippen molar-refractivity contribution in [1.82, 2.24) is 0 Å². The molecule has 1 unspecified atom stereocenters. The predicted octanol–water partition coefficient (Wildman–Crippen LogP) is 4.18. The van der Waals surface area contributed by atoms with E-state index in [0.717, 1.165) is 17.0 Å². The molecular formula is C15H14BrNO2S. The first-order chi connectivity index (χ1) is 9.54. The highest BCUT2D eigenvalue weighted by Crippen LogP contribution is 2.39. The number of hydrogen-bond acceptors (Lipinski definition) is 3. The van der Waals surface area contributed by atoms with Crippen molar-refractivity contribution in [1.29, 1.82) is 0 Å². The Morgan fingerprint density at radius 2 is 2.15 bits per heavy atom. The van der Waals surface area contributed by atoms with E-state index in [0.29, 0.717) is 0 Å². The Morgan fingerprint density at radius 3 is 2.85 bits per heavy atom. The number of halogens is 1. The summed E-state index contributed by atoms with van der Waals surface area (Å²) in [6.07, 6.45) is 0. The average Bonchev–Trinajstić information content (AvgIpc) is 2.77. The fourth-order valence-corrected chi connectivity index (χ4v) is 3.90. The highest BCUT2D eigenvalue weighted by molar-refractivity contribution is 9.09. The minimum Gasteiger partial charge on any atom is -0.482 e. The second-order valence-electron chi connectivity index (χ2n) is 4.84. The van der Waals surface area contributed by atoms with E-state index >= 15 is 0 Å². The van der Waals surface area contributed by atoms with Crippen molar-refractivity contribution in [3.05, 3.63) is 45.1 Å². The van der Waals surface area contributed by atoms with Crippen LogP contribution in [0.2, 0.25) is 0 Å². The second-order valence-corrected chi connectivity index (χ2v) is 7.05. The molecule has 1 N–H and O–H groups in total. The van der Waals surface area contributed by atoms with Crippen LogP contribution in [0.5, 0.6) is 5.75 Å². The fraction of sp³-hybridized carbons (Fsp3) is 0.267. The third-order valence-corrected chi connectivity index (χ3v) is 5.91. The zero-order valence-corrected chi connectivity index (χ0v) is 13.6. The molecule has 104 valence electrons. The van der Waals surface area contributed by atoms with E-state index in [9.17, 15) is 4.79 Å². The summed E-state index contributed by atoms with van der Waals surface area (Å²) in [6.45, 7) is 4.34. The Labute approximate surface area is 130 Å². The van der Waals surface area contributed by atoms with Crippen LogP contribution in [0, 0.1) is 13.8 Å². The number of benzene rings is 1. The molecule has 1 amide bonds. The Hall–Kier alpha value is -1.33. The summed E-state index contributed by atoms with van der Waals surface area (Å²) in [5.74, 6) is 0.621. The third-order valence-electron chi connectivity index (χ3n) is 3.36. The number of amides is 1. The highest BCUT2D eigenvalue weighted by atomic mass is 79.9. The molecule has 1 aromatic heterocycles. The van der Waals surface area contributed by atoms with E-state index in [-0.39, 0.29) is 17.3 Å². The lowest BCUT2D eigenvalue weighted by atomic mass is 10.1.